The van der Waals surface area contributed by atoms with Gasteiger partial charge in [0, 0.05) is 25.7 Å². The van der Waals surface area contributed by atoms with E-state index in [9.17, 15) is 22.0 Å². The molecule has 2 rings (SSSR count). The number of sulfonamides is 1. The Hall–Kier alpha value is -1.78. The van der Waals surface area contributed by atoms with E-state index in [1.807, 2.05) is 0 Å². The number of benzene rings is 1. The number of halogens is 2. The molecule has 0 spiro atoms. The standard InChI is InChI=1S/C15H21F2N3O4S/c1-10-8-20(9-11(2)24-10)25(22,23)6-5-18-15(21)19-14-4-3-12(16)7-13(14)17/h3-4,7,10-11H,5-6,8-9H2,1-2H3,(H2,18,19,21). The lowest BCUT2D eigenvalue weighted by Crippen LogP contribution is -2.49. The molecule has 0 saturated carbocycles. The van der Waals surface area contributed by atoms with Crippen LogP contribution >= 0.6 is 0 Å². The quantitative estimate of drug-likeness (QED) is 0.815. The van der Waals surface area contributed by atoms with Crippen LogP contribution in [0.15, 0.2) is 18.2 Å². The first kappa shape index (κ1) is 19.5. The van der Waals surface area contributed by atoms with E-state index in [0.29, 0.717) is 6.07 Å². The molecule has 1 aliphatic rings. The van der Waals surface area contributed by atoms with E-state index in [1.54, 1.807) is 13.8 Å². The van der Waals surface area contributed by atoms with Gasteiger partial charge in [-0.2, -0.15) is 4.31 Å². The number of hydrogen-bond acceptors (Lipinski definition) is 4. The van der Waals surface area contributed by atoms with Crippen LogP contribution in [0.1, 0.15) is 13.8 Å². The molecule has 25 heavy (non-hydrogen) atoms. The number of anilines is 1. The van der Waals surface area contributed by atoms with Crippen LogP contribution in [0.25, 0.3) is 0 Å². The minimum atomic E-state index is -3.54. The van der Waals surface area contributed by atoms with Gasteiger partial charge in [-0.1, -0.05) is 0 Å². The maximum atomic E-state index is 13.4. The molecule has 0 radical (unpaired) electrons. The molecule has 1 aromatic rings. The minimum Gasteiger partial charge on any atom is -0.373 e. The number of morpholine rings is 1. The summed E-state index contributed by atoms with van der Waals surface area (Å²) in [6, 6.07) is 1.95. The van der Waals surface area contributed by atoms with E-state index >= 15 is 0 Å². The van der Waals surface area contributed by atoms with Crippen LogP contribution in [0.2, 0.25) is 0 Å². The Kier molecular flexibility index (Phi) is 6.31. The van der Waals surface area contributed by atoms with Gasteiger partial charge in [-0.15, -0.1) is 0 Å². The SMILES string of the molecule is CC1CN(S(=O)(=O)CCNC(=O)Nc2ccc(F)cc2F)CC(C)O1. The van der Waals surface area contributed by atoms with Crippen LogP contribution in [0.4, 0.5) is 19.3 Å². The Morgan fingerprint density at radius 3 is 2.52 bits per heavy atom. The minimum absolute atomic E-state index is 0.142. The molecule has 2 atom stereocenters. The number of nitrogens with one attached hydrogen (secondary N) is 2. The Balaban J connectivity index is 1.83. The highest BCUT2D eigenvalue weighted by Gasteiger charge is 2.30. The number of carbonyl (C=O) groups excluding carboxylic acids is 1. The third-order valence-electron chi connectivity index (χ3n) is 3.60. The third kappa shape index (κ3) is 5.62. The summed E-state index contributed by atoms with van der Waals surface area (Å²) >= 11 is 0. The van der Waals surface area contributed by atoms with Crippen LogP contribution in [0, 0.1) is 11.6 Å². The van der Waals surface area contributed by atoms with Crippen molar-refractivity contribution < 1.29 is 26.7 Å². The molecule has 2 amide bonds. The number of amides is 2. The number of nitrogens with zero attached hydrogens (tertiary/aromatic N) is 1. The van der Waals surface area contributed by atoms with E-state index in [0.717, 1.165) is 12.1 Å². The van der Waals surface area contributed by atoms with Crippen LogP contribution in [-0.2, 0) is 14.8 Å². The van der Waals surface area contributed by atoms with E-state index in [4.69, 9.17) is 4.74 Å². The monoisotopic (exact) mass is 377 g/mol. The highest BCUT2D eigenvalue weighted by Crippen LogP contribution is 2.15. The number of carbonyl (C=O) groups is 1. The van der Waals surface area contributed by atoms with Crippen molar-refractivity contribution >= 4 is 21.7 Å². The Bertz CT molecular complexity index is 719. The van der Waals surface area contributed by atoms with Crippen molar-refractivity contribution in [2.24, 2.45) is 0 Å². The van der Waals surface area contributed by atoms with Crippen molar-refractivity contribution in [3.8, 4) is 0 Å². The van der Waals surface area contributed by atoms with Gasteiger partial charge < -0.3 is 15.4 Å². The maximum absolute atomic E-state index is 13.4. The highest BCUT2D eigenvalue weighted by molar-refractivity contribution is 7.89. The van der Waals surface area contributed by atoms with E-state index in [2.05, 4.69) is 10.6 Å². The van der Waals surface area contributed by atoms with Gasteiger partial charge in [-0.25, -0.2) is 22.0 Å². The van der Waals surface area contributed by atoms with Gasteiger partial charge in [0.25, 0.3) is 0 Å². The summed E-state index contributed by atoms with van der Waals surface area (Å²) in [6.07, 6.45) is -0.396. The second-order valence-corrected chi connectivity index (χ2v) is 7.98. The Labute approximate surface area is 145 Å². The Morgan fingerprint density at radius 2 is 1.92 bits per heavy atom. The fraction of sp³-hybridized carbons (Fsp3) is 0.533. The fourth-order valence-electron chi connectivity index (χ4n) is 2.54. The first-order valence-corrected chi connectivity index (χ1v) is 9.41. The van der Waals surface area contributed by atoms with Crippen LogP contribution in [-0.4, -0.2) is 56.3 Å². The molecule has 0 aliphatic carbocycles. The van der Waals surface area contributed by atoms with Crippen molar-refractivity contribution in [2.75, 3.05) is 30.7 Å². The number of rotatable bonds is 5. The summed E-state index contributed by atoms with van der Waals surface area (Å²) in [5.41, 5.74) is -0.197. The molecule has 0 bridgehead atoms. The zero-order chi connectivity index (χ0) is 18.6. The normalized spacial score (nSPS) is 21.8. The molecule has 0 aromatic heterocycles. The molecule has 1 heterocycles. The predicted molar refractivity (Wildman–Crippen MR) is 88.7 cm³/mol. The summed E-state index contributed by atoms with van der Waals surface area (Å²) in [5, 5.41) is 4.54. The third-order valence-corrected chi connectivity index (χ3v) is 5.41. The molecule has 2 unspecified atom stereocenters. The average Bonchev–Trinajstić information content (AvgIpc) is 2.49. The van der Waals surface area contributed by atoms with Gasteiger partial charge in [0.05, 0.1) is 23.6 Å². The zero-order valence-corrected chi connectivity index (χ0v) is 14.8. The molecular weight excluding hydrogens is 356 g/mol. The molecule has 10 heteroatoms. The van der Waals surface area contributed by atoms with Crippen LogP contribution in [0.5, 0.6) is 0 Å². The second-order valence-electron chi connectivity index (χ2n) is 5.90. The lowest BCUT2D eigenvalue weighted by molar-refractivity contribution is -0.0440. The lowest BCUT2D eigenvalue weighted by Gasteiger charge is -2.34. The van der Waals surface area contributed by atoms with Gasteiger partial charge in [0.1, 0.15) is 11.6 Å². The highest BCUT2D eigenvalue weighted by atomic mass is 32.2. The number of hydrogen-bond donors (Lipinski definition) is 2. The van der Waals surface area contributed by atoms with Crippen molar-refractivity contribution in [2.45, 2.75) is 26.1 Å². The van der Waals surface area contributed by atoms with E-state index in [-0.39, 0.29) is 43.3 Å². The van der Waals surface area contributed by atoms with E-state index < -0.39 is 27.7 Å². The van der Waals surface area contributed by atoms with E-state index in [1.165, 1.54) is 4.31 Å². The summed E-state index contributed by atoms with van der Waals surface area (Å²) in [5.74, 6) is -1.96. The van der Waals surface area contributed by atoms with Gasteiger partial charge in [0.15, 0.2) is 0 Å². The lowest BCUT2D eigenvalue weighted by atomic mass is 10.3. The topological polar surface area (TPSA) is 87.7 Å². The first-order valence-electron chi connectivity index (χ1n) is 7.80. The summed E-state index contributed by atoms with van der Waals surface area (Å²) in [4.78, 5) is 11.7. The molecule has 2 N–H and O–H groups in total. The fourth-order valence-corrected chi connectivity index (χ4v) is 4.03. The summed E-state index contributed by atoms with van der Waals surface area (Å²) in [6.45, 7) is 3.97. The molecule has 1 saturated heterocycles. The molecule has 140 valence electrons. The van der Waals surface area contributed by atoms with Crippen molar-refractivity contribution in [1.29, 1.82) is 0 Å². The maximum Gasteiger partial charge on any atom is 0.319 e. The molecular formula is C15H21F2N3O4S. The summed E-state index contributed by atoms with van der Waals surface area (Å²) in [7, 11) is -3.54. The van der Waals surface area contributed by atoms with Crippen molar-refractivity contribution in [3.63, 3.8) is 0 Å². The van der Waals surface area contributed by atoms with Gasteiger partial charge in [0.2, 0.25) is 10.0 Å². The Morgan fingerprint density at radius 1 is 1.28 bits per heavy atom. The molecule has 1 aromatic carbocycles. The smallest absolute Gasteiger partial charge is 0.319 e. The van der Waals surface area contributed by atoms with Crippen molar-refractivity contribution in [1.82, 2.24) is 9.62 Å². The largest absolute Gasteiger partial charge is 0.373 e. The van der Waals surface area contributed by atoms with Gasteiger partial charge in [-0.05, 0) is 26.0 Å². The number of urea groups is 1. The van der Waals surface area contributed by atoms with Gasteiger partial charge >= 0.3 is 6.03 Å². The first-order chi connectivity index (χ1) is 11.7. The zero-order valence-electron chi connectivity index (χ0n) is 14.0. The summed E-state index contributed by atoms with van der Waals surface area (Å²) < 4.78 is 57.7. The van der Waals surface area contributed by atoms with Crippen molar-refractivity contribution in [3.05, 3.63) is 29.8 Å². The molecule has 1 fully saturated rings. The number of ether oxygens (including phenoxy) is 1. The molecule has 1 aliphatic heterocycles. The van der Waals surface area contributed by atoms with Gasteiger partial charge in [-0.3, -0.25) is 0 Å². The average molecular weight is 377 g/mol. The van der Waals surface area contributed by atoms with Crippen LogP contribution in [0.3, 0.4) is 0 Å². The molecule has 7 nitrogen and oxygen atoms in total. The predicted octanol–water partition coefficient (Wildman–Crippen LogP) is 1.53. The van der Waals surface area contributed by atoms with Crippen LogP contribution < -0.4 is 10.6 Å². The second kappa shape index (κ2) is 8.07.